The summed E-state index contributed by atoms with van der Waals surface area (Å²) in [7, 11) is 1.62. The molecular weight excluding hydrogens is 266 g/mol. The third-order valence-corrected chi connectivity index (χ3v) is 3.30. The third-order valence-electron chi connectivity index (χ3n) is 3.30. The molecule has 0 aliphatic carbocycles. The normalized spacial score (nSPS) is 9.95. The van der Waals surface area contributed by atoms with Gasteiger partial charge in [-0.05, 0) is 18.4 Å². The molecule has 0 spiro atoms. The quantitative estimate of drug-likeness (QED) is 0.725. The van der Waals surface area contributed by atoms with Crippen LogP contribution < -0.4 is 4.90 Å². The van der Waals surface area contributed by atoms with Crippen LogP contribution in [0, 0.1) is 22.7 Å². The summed E-state index contributed by atoms with van der Waals surface area (Å²) in [6, 6.07) is 4.37. The zero-order chi connectivity index (χ0) is 15.7. The Morgan fingerprint density at radius 3 is 2.43 bits per heavy atom. The van der Waals surface area contributed by atoms with Crippen LogP contribution in [0.15, 0.2) is 0 Å². The third kappa shape index (κ3) is 4.14. The summed E-state index contributed by atoms with van der Waals surface area (Å²) in [5.41, 5.74) is 2.38. The maximum absolute atomic E-state index is 9.51. The molecule has 0 aliphatic rings. The molecule has 112 valence electrons. The lowest BCUT2D eigenvalue weighted by Gasteiger charge is -2.24. The fourth-order valence-corrected chi connectivity index (χ4v) is 2.21. The van der Waals surface area contributed by atoms with Crippen LogP contribution in [-0.2, 0) is 17.6 Å². The van der Waals surface area contributed by atoms with E-state index in [1.165, 1.54) is 0 Å². The summed E-state index contributed by atoms with van der Waals surface area (Å²) in [6.07, 6.45) is 1.86. The summed E-state index contributed by atoms with van der Waals surface area (Å²) in [5, 5.41) is 26.8. The first-order valence-corrected chi connectivity index (χ1v) is 7.12. The van der Waals surface area contributed by atoms with Crippen LogP contribution in [0.1, 0.15) is 37.1 Å². The fourth-order valence-electron chi connectivity index (χ4n) is 2.21. The average molecular weight is 287 g/mol. The van der Waals surface area contributed by atoms with Gasteiger partial charge in [0.1, 0.15) is 11.6 Å². The molecule has 1 rings (SSSR count). The van der Waals surface area contributed by atoms with Crippen LogP contribution in [0.5, 0.6) is 0 Å². The standard InChI is InChI=1S/C15H21N5O/c1-4-12-13(11-17)15(19-18-14(12)5-2)20(8-6-7-16)9-10-21-3/h4-6,8-10H2,1-3H3. The summed E-state index contributed by atoms with van der Waals surface area (Å²) >= 11 is 0. The van der Waals surface area contributed by atoms with Crippen LogP contribution in [0.4, 0.5) is 5.82 Å². The molecule has 0 radical (unpaired) electrons. The Balaban J connectivity index is 3.24. The summed E-state index contributed by atoms with van der Waals surface area (Å²) in [6.45, 7) is 5.61. The van der Waals surface area contributed by atoms with Crippen molar-refractivity contribution in [3.05, 3.63) is 16.8 Å². The van der Waals surface area contributed by atoms with Gasteiger partial charge in [0.2, 0.25) is 0 Å². The molecule has 1 aromatic rings. The molecule has 6 heteroatoms. The smallest absolute Gasteiger partial charge is 0.169 e. The van der Waals surface area contributed by atoms with Gasteiger partial charge in [-0.25, -0.2) is 0 Å². The van der Waals surface area contributed by atoms with E-state index in [9.17, 15) is 5.26 Å². The van der Waals surface area contributed by atoms with Crippen molar-refractivity contribution in [3.8, 4) is 12.1 Å². The first kappa shape index (κ1) is 16.9. The molecule has 0 saturated heterocycles. The Morgan fingerprint density at radius 1 is 1.14 bits per heavy atom. The van der Waals surface area contributed by atoms with Gasteiger partial charge in [0.05, 0.1) is 24.8 Å². The minimum Gasteiger partial charge on any atom is -0.383 e. The summed E-state index contributed by atoms with van der Waals surface area (Å²) in [4.78, 5) is 1.90. The van der Waals surface area contributed by atoms with Crippen molar-refractivity contribution in [2.24, 2.45) is 0 Å². The van der Waals surface area contributed by atoms with Crippen LogP contribution >= 0.6 is 0 Å². The van der Waals surface area contributed by atoms with Crippen LogP contribution in [0.2, 0.25) is 0 Å². The second kappa shape index (κ2) is 8.89. The number of anilines is 1. The Kier molecular flexibility index (Phi) is 7.14. The first-order chi connectivity index (χ1) is 10.2. The van der Waals surface area contributed by atoms with E-state index in [1.54, 1.807) is 7.11 Å². The maximum Gasteiger partial charge on any atom is 0.169 e. The molecule has 0 amide bonds. The Labute approximate surface area is 126 Å². The highest BCUT2D eigenvalue weighted by Gasteiger charge is 2.19. The van der Waals surface area contributed by atoms with Crippen molar-refractivity contribution in [2.75, 3.05) is 31.7 Å². The number of rotatable bonds is 8. The van der Waals surface area contributed by atoms with Crippen molar-refractivity contribution in [3.63, 3.8) is 0 Å². The number of nitrogens with zero attached hydrogens (tertiary/aromatic N) is 5. The molecule has 0 unspecified atom stereocenters. The minimum absolute atomic E-state index is 0.368. The maximum atomic E-state index is 9.51. The molecule has 1 aromatic heterocycles. The van der Waals surface area contributed by atoms with Gasteiger partial charge < -0.3 is 9.64 Å². The van der Waals surface area contributed by atoms with Crippen LogP contribution in [-0.4, -0.2) is 37.0 Å². The number of ether oxygens (including phenoxy) is 1. The largest absolute Gasteiger partial charge is 0.383 e. The molecule has 0 bridgehead atoms. The van der Waals surface area contributed by atoms with Crippen LogP contribution in [0.25, 0.3) is 0 Å². The summed E-state index contributed by atoms with van der Waals surface area (Å²) < 4.78 is 5.09. The van der Waals surface area contributed by atoms with Crippen molar-refractivity contribution in [1.82, 2.24) is 10.2 Å². The number of methoxy groups -OCH3 is 1. The Hall–Kier alpha value is -2.18. The predicted molar refractivity (Wildman–Crippen MR) is 79.8 cm³/mol. The van der Waals surface area contributed by atoms with Gasteiger partial charge in [-0.2, -0.15) is 15.6 Å². The van der Waals surface area contributed by atoms with Gasteiger partial charge in [-0.15, -0.1) is 5.10 Å². The predicted octanol–water partition coefficient (Wildman–Crippen LogP) is 1.84. The zero-order valence-corrected chi connectivity index (χ0v) is 12.9. The number of hydrogen-bond acceptors (Lipinski definition) is 6. The molecule has 1 heterocycles. The molecule has 0 saturated carbocycles. The Morgan fingerprint density at radius 2 is 1.90 bits per heavy atom. The van der Waals surface area contributed by atoms with Gasteiger partial charge in [0.25, 0.3) is 0 Å². The van der Waals surface area contributed by atoms with E-state index in [2.05, 4.69) is 22.3 Å². The highest BCUT2D eigenvalue weighted by Crippen LogP contribution is 2.23. The van der Waals surface area contributed by atoms with E-state index >= 15 is 0 Å². The lowest BCUT2D eigenvalue weighted by molar-refractivity contribution is 0.205. The van der Waals surface area contributed by atoms with E-state index in [1.807, 2.05) is 18.7 Å². The average Bonchev–Trinajstić information content (AvgIpc) is 2.53. The van der Waals surface area contributed by atoms with Crippen LogP contribution in [0.3, 0.4) is 0 Å². The fraction of sp³-hybridized carbons (Fsp3) is 0.600. The molecule has 6 nitrogen and oxygen atoms in total. The SMILES string of the molecule is CCc1nnc(N(CCC#N)CCOC)c(C#N)c1CC. The lowest BCUT2D eigenvalue weighted by atomic mass is 10.0. The molecule has 0 aliphatic heterocycles. The minimum atomic E-state index is 0.368. The molecule has 21 heavy (non-hydrogen) atoms. The Bertz CT molecular complexity index is 544. The molecule has 0 N–H and O–H groups in total. The van der Waals surface area contributed by atoms with Crippen molar-refractivity contribution >= 4 is 5.82 Å². The number of hydrogen-bond donors (Lipinski definition) is 0. The number of aryl methyl sites for hydroxylation is 1. The molecule has 0 atom stereocenters. The molecule has 0 fully saturated rings. The van der Waals surface area contributed by atoms with Gasteiger partial charge >= 0.3 is 0 Å². The van der Waals surface area contributed by atoms with E-state index in [4.69, 9.17) is 10.00 Å². The van der Waals surface area contributed by atoms with E-state index in [0.29, 0.717) is 37.5 Å². The highest BCUT2D eigenvalue weighted by molar-refractivity contribution is 5.58. The topological polar surface area (TPSA) is 85.8 Å². The molecular formula is C15H21N5O. The van der Waals surface area contributed by atoms with Crippen molar-refractivity contribution in [1.29, 1.82) is 10.5 Å². The number of nitriles is 2. The van der Waals surface area contributed by atoms with Gasteiger partial charge in [0.15, 0.2) is 5.82 Å². The van der Waals surface area contributed by atoms with E-state index < -0.39 is 0 Å². The second-order valence-corrected chi connectivity index (χ2v) is 4.53. The van der Waals surface area contributed by atoms with E-state index in [0.717, 1.165) is 24.1 Å². The second-order valence-electron chi connectivity index (χ2n) is 4.53. The molecule has 0 aromatic carbocycles. The monoisotopic (exact) mass is 287 g/mol. The summed E-state index contributed by atoms with van der Waals surface area (Å²) in [5.74, 6) is 0.554. The lowest BCUT2D eigenvalue weighted by Crippen LogP contribution is -2.30. The number of aromatic nitrogens is 2. The van der Waals surface area contributed by atoms with Gasteiger partial charge in [-0.3, -0.25) is 0 Å². The van der Waals surface area contributed by atoms with E-state index in [-0.39, 0.29) is 0 Å². The van der Waals surface area contributed by atoms with Gasteiger partial charge in [0, 0.05) is 20.2 Å². The first-order valence-electron chi connectivity index (χ1n) is 7.12. The van der Waals surface area contributed by atoms with Crippen molar-refractivity contribution < 1.29 is 4.74 Å². The van der Waals surface area contributed by atoms with Crippen molar-refractivity contribution in [2.45, 2.75) is 33.1 Å². The highest BCUT2D eigenvalue weighted by atomic mass is 16.5. The van der Waals surface area contributed by atoms with Gasteiger partial charge in [-0.1, -0.05) is 13.8 Å². The zero-order valence-electron chi connectivity index (χ0n) is 12.9.